The largest absolute Gasteiger partial charge is 0.292 e. The number of hydrogen-bond donors (Lipinski definition) is 0. The van der Waals surface area contributed by atoms with E-state index in [1.165, 1.54) is 11.1 Å². The van der Waals surface area contributed by atoms with Gasteiger partial charge in [-0.2, -0.15) is 0 Å². The first-order chi connectivity index (χ1) is 10.3. The lowest BCUT2D eigenvalue weighted by Crippen LogP contribution is -2.20. The molecule has 0 saturated heterocycles. The molecule has 3 heteroatoms. The van der Waals surface area contributed by atoms with E-state index in [1.807, 2.05) is 36.4 Å². The summed E-state index contributed by atoms with van der Waals surface area (Å²) in [6.07, 6.45) is 3.10. The summed E-state index contributed by atoms with van der Waals surface area (Å²) in [6.45, 7) is 0. The zero-order valence-corrected chi connectivity index (χ0v) is 11.5. The van der Waals surface area contributed by atoms with E-state index in [0.29, 0.717) is 18.0 Å². The van der Waals surface area contributed by atoms with Crippen LogP contribution in [0.4, 0.5) is 0 Å². The van der Waals surface area contributed by atoms with Gasteiger partial charge in [-0.1, -0.05) is 36.4 Å². The summed E-state index contributed by atoms with van der Waals surface area (Å²) in [7, 11) is 0. The summed E-state index contributed by atoms with van der Waals surface area (Å²) in [5.41, 5.74) is 4.73. The molecule has 0 aliphatic heterocycles. The number of ketones is 1. The second-order valence-corrected chi connectivity index (χ2v) is 5.47. The van der Waals surface area contributed by atoms with Crippen molar-refractivity contribution >= 4 is 16.8 Å². The number of para-hydroxylation sites is 2. The Hall–Kier alpha value is -2.55. The molecule has 0 amide bonds. The van der Waals surface area contributed by atoms with Crippen molar-refractivity contribution in [1.82, 2.24) is 9.97 Å². The molecule has 0 saturated carbocycles. The minimum Gasteiger partial charge on any atom is -0.292 e. The average Bonchev–Trinajstić information content (AvgIpc) is 2.52. The van der Waals surface area contributed by atoms with Gasteiger partial charge in [0.2, 0.25) is 0 Å². The third kappa shape index (κ3) is 2.11. The van der Waals surface area contributed by atoms with E-state index < -0.39 is 0 Å². The molecule has 0 radical (unpaired) electrons. The molecule has 0 fully saturated rings. The van der Waals surface area contributed by atoms with E-state index in [4.69, 9.17) is 0 Å². The lowest BCUT2D eigenvalue weighted by atomic mass is 9.75. The highest BCUT2D eigenvalue weighted by molar-refractivity contribution is 5.96. The van der Waals surface area contributed by atoms with Crippen LogP contribution in [-0.4, -0.2) is 15.8 Å². The summed E-state index contributed by atoms with van der Waals surface area (Å²) in [6, 6.07) is 15.9. The lowest BCUT2D eigenvalue weighted by Gasteiger charge is -2.29. The minimum absolute atomic E-state index is 0.0766. The van der Waals surface area contributed by atoms with Crippen molar-refractivity contribution in [3.05, 3.63) is 71.5 Å². The topological polar surface area (TPSA) is 42.9 Å². The molecule has 1 aliphatic carbocycles. The number of aromatic nitrogens is 2. The maximum Gasteiger partial charge on any atom is 0.183 e. The van der Waals surface area contributed by atoms with E-state index in [0.717, 1.165) is 17.5 Å². The van der Waals surface area contributed by atoms with Crippen LogP contribution in [0, 0.1) is 0 Å². The van der Waals surface area contributed by atoms with Crippen LogP contribution >= 0.6 is 0 Å². The second kappa shape index (κ2) is 4.77. The highest BCUT2D eigenvalue weighted by Crippen LogP contribution is 2.37. The van der Waals surface area contributed by atoms with E-state index in [-0.39, 0.29) is 5.78 Å². The molecular formula is C18H14N2O. The van der Waals surface area contributed by atoms with Gasteiger partial charge in [0, 0.05) is 6.42 Å². The molecule has 1 atom stereocenters. The number of Topliss-reactive ketones (excluding diaryl/α,β-unsaturated/α-hetero) is 1. The Morgan fingerprint density at radius 1 is 1.05 bits per heavy atom. The smallest absolute Gasteiger partial charge is 0.183 e. The van der Waals surface area contributed by atoms with E-state index in [9.17, 15) is 4.79 Å². The molecule has 2 aromatic carbocycles. The van der Waals surface area contributed by atoms with Crippen molar-refractivity contribution < 1.29 is 4.79 Å². The van der Waals surface area contributed by atoms with Gasteiger partial charge in [0.25, 0.3) is 0 Å². The molecule has 1 unspecified atom stereocenters. The Labute approximate surface area is 122 Å². The quantitative estimate of drug-likeness (QED) is 0.686. The monoisotopic (exact) mass is 274 g/mol. The summed E-state index contributed by atoms with van der Waals surface area (Å²) in [5, 5.41) is 0. The standard InChI is InChI=1S/C18H14N2O/c21-18(10-13-9-12-5-1-2-6-14(12)13)17-11-19-15-7-3-4-8-16(15)20-17/h1-8,11,13H,9-10H2. The van der Waals surface area contributed by atoms with E-state index in [1.54, 1.807) is 6.20 Å². The van der Waals surface area contributed by atoms with Crippen LogP contribution in [0.25, 0.3) is 11.0 Å². The third-order valence-corrected chi connectivity index (χ3v) is 4.13. The van der Waals surface area contributed by atoms with Gasteiger partial charge in [-0.3, -0.25) is 9.78 Å². The molecule has 0 N–H and O–H groups in total. The van der Waals surface area contributed by atoms with Crippen LogP contribution in [0.2, 0.25) is 0 Å². The maximum atomic E-state index is 12.4. The summed E-state index contributed by atoms with van der Waals surface area (Å²) >= 11 is 0. The van der Waals surface area contributed by atoms with Gasteiger partial charge < -0.3 is 0 Å². The molecule has 1 aliphatic rings. The Bertz CT molecular complexity index is 841. The fourth-order valence-electron chi connectivity index (χ4n) is 2.96. The van der Waals surface area contributed by atoms with Gasteiger partial charge in [-0.25, -0.2) is 4.98 Å². The average molecular weight is 274 g/mol. The van der Waals surface area contributed by atoms with Crippen LogP contribution in [-0.2, 0) is 6.42 Å². The van der Waals surface area contributed by atoms with Crippen molar-refractivity contribution in [2.75, 3.05) is 0 Å². The van der Waals surface area contributed by atoms with Gasteiger partial charge in [-0.05, 0) is 35.6 Å². The summed E-state index contributed by atoms with van der Waals surface area (Å²) in [5.74, 6) is 0.412. The van der Waals surface area contributed by atoms with Gasteiger partial charge in [-0.15, -0.1) is 0 Å². The highest BCUT2D eigenvalue weighted by Gasteiger charge is 2.28. The molecule has 0 spiro atoms. The Kier molecular flexibility index (Phi) is 2.78. The molecule has 4 rings (SSSR count). The van der Waals surface area contributed by atoms with Crippen LogP contribution in [0.5, 0.6) is 0 Å². The molecule has 1 aromatic heterocycles. The number of carbonyl (C=O) groups is 1. The fourth-order valence-corrected chi connectivity index (χ4v) is 2.96. The Morgan fingerprint density at radius 2 is 1.81 bits per heavy atom. The van der Waals surface area contributed by atoms with Crippen LogP contribution in [0.15, 0.2) is 54.7 Å². The predicted octanol–water partition coefficient (Wildman–Crippen LogP) is 3.54. The van der Waals surface area contributed by atoms with Crippen molar-refractivity contribution in [2.45, 2.75) is 18.8 Å². The third-order valence-electron chi connectivity index (χ3n) is 4.13. The van der Waals surface area contributed by atoms with Crippen LogP contribution < -0.4 is 0 Å². The first-order valence-corrected chi connectivity index (χ1v) is 7.14. The fraction of sp³-hybridized carbons (Fsp3) is 0.167. The van der Waals surface area contributed by atoms with Gasteiger partial charge >= 0.3 is 0 Å². The van der Waals surface area contributed by atoms with Gasteiger partial charge in [0.1, 0.15) is 5.69 Å². The van der Waals surface area contributed by atoms with Crippen molar-refractivity contribution in [1.29, 1.82) is 0 Å². The lowest BCUT2D eigenvalue weighted by molar-refractivity contribution is 0.0965. The number of nitrogens with zero attached hydrogens (tertiary/aromatic N) is 2. The zero-order chi connectivity index (χ0) is 14.2. The normalized spacial score (nSPS) is 16.3. The number of fused-ring (bicyclic) bond motifs is 2. The van der Waals surface area contributed by atoms with Crippen LogP contribution in [0.3, 0.4) is 0 Å². The molecule has 3 nitrogen and oxygen atoms in total. The van der Waals surface area contributed by atoms with Gasteiger partial charge in [0.15, 0.2) is 5.78 Å². The molecule has 0 bridgehead atoms. The molecule has 3 aromatic rings. The van der Waals surface area contributed by atoms with E-state index >= 15 is 0 Å². The second-order valence-electron chi connectivity index (χ2n) is 5.47. The molecular weight excluding hydrogens is 260 g/mol. The number of hydrogen-bond acceptors (Lipinski definition) is 3. The Morgan fingerprint density at radius 3 is 2.67 bits per heavy atom. The molecule has 21 heavy (non-hydrogen) atoms. The predicted molar refractivity (Wildman–Crippen MR) is 81.4 cm³/mol. The minimum atomic E-state index is 0.0766. The van der Waals surface area contributed by atoms with Crippen LogP contribution in [0.1, 0.15) is 34.0 Å². The van der Waals surface area contributed by atoms with E-state index in [2.05, 4.69) is 22.1 Å². The van der Waals surface area contributed by atoms with Crippen molar-refractivity contribution in [2.24, 2.45) is 0 Å². The SMILES string of the molecule is O=C(CC1Cc2ccccc21)c1cnc2ccccc2n1. The molecule has 1 heterocycles. The number of benzene rings is 2. The van der Waals surface area contributed by atoms with Crippen molar-refractivity contribution in [3.8, 4) is 0 Å². The van der Waals surface area contributed by atoms with Crippen molar-refractivity contribution in [3.63, 3.8) is 0 Å². The zero-order valence-electron chi connectivity index (χ0n) is 11.5. The first kappa shape index (κ1) is 12.2. The number of rotatable bonds is 3. The Balaban J connectivity index is 1.57. The summed E-state index contributed by atoms with van der Waals surface area (Å²) in [4.78, 5) is 21.1. The number of carbonyl (C=O) groups excluding carboxylic acids is 1. The highest BCUT2D eigenvalue weighted by atomic mass is 16.1. The van der Waals surface area contributed by atoms with Gasteiger partial charge in [0.05, 0.1) is 17.2 Å². The summed E-state index contributed by atoms with van der Waals surface area (Å²) < 4.78 is 0. The molecule has 102 valence electrons. The first-order valence-electron chi connectivity index (χ1n) is 7.14. The maximum absolute atomic E-state index is 12.4.